The first kappa shape index (κ1) is 22.3. The molecule has 0 aliphatic carbocycles. The van der Waals surface area contributed by atoms with Gasteiger partial charge in [0, 0.05) is 11.6 Å². The SMILES string of the molecule is COC(=O)C(NC(=O)C=Cc1c(C)nn(Cc2ccc(C)cc2)c1Cl)c1ccccc1. The number of halogens is 1. The summed E-state index contributed by atoms with van der Waals surface area (Å²) in [5, 5.41) is 7.60. The van der Waals surface area contributed by atoms with Gasteiger partial charge in [0.15, 0.2) is 6.04 Å². The average Bonchev–Trinajstić information content (AvgIpc) is 3.04. The Morgan fingerprint density at radius 3 is 2.45 bits per heavy atom. The lowest BCUT2D eigenvalue weighted by atomic mass is 10.1. The molecule has 0 aliphatic heterocycles. The van der Waals surface area contributed by atoms with Crippen molar-refractivity contribution >= 4 is 29.6 Å². The van der Waals surface area contributed by atoms with Crippen LogP contribution in [0.2, 0.25) is 5.15 Å². The maximum atomic E-state index is 12.5. The number of carbonyl (C=O) groups excluding carboxylic acids is 2. The van der Waals surface area contributed by atoms with Gasteiger partial charge in [-0.25, -0.2) is 9.48 Å². The fraction of sp³-hybridized carbons (Fsp3) is 0.208. The molecule has 0 fully saturated rings. The largest absolute Gasteiger partial charge is 0.467 e. The first-order valence-electron chi connectivity index (χ1n) is 9.79. The molecule has 3 rings (SSSR count). The van der Waals surface area contributed by atoms with Crippen molar-refractivity contribution in [2.24, 2.45) is 0 Å². The van der Waals surface area contributed by atoms with Crippen molar-refractivity contribution in [1.82, 2.24) is 15.1 Å². The van der Waals surface area contributed by atoms with E-state index in [-0.39, 0.29) is 0 Å². The van der Waals surface area contributed by atoms with E-state index >= 15 is 0 Å². The van der Waals surface area contributed by atoms with E-state index in [0.717, 1.165) is 5.56 Å². The number of methoxy groups -OCH3 is 1. The number of amides is 1. The fourth-order valence-corrected chi connectivity index (χ4v) is 3.42. The highest BCUT2D eigenvalue weighted by Crippen LogP contribution is 2.22. The van der Waals surface area contributed by atoms with Crippen molar-refractivity contribution < 1.29 is 14.3 Å². The number of rotatable bonds is 7. The summed E-state index contributed by atoms with van der Waals surface area (Å²) < 4.78 is 6.52. The highest BCUT2D eigenvalue weighted by molar-refractivity contribution is 6.31. The third-order valence-electron chi connectivity index (χ3n) is 4.82. The van der Waals surface area contributed by atoms with E-state index < -0.39 is 17.9 Å². The molecule has 0 saturated carbocycles. The van der Waals surface area contributed by atoms with Crippen molar-refractivity contribution in [1.29, 1.82) is 0 Å². The molecule has 2 aromatic carbocycles. The summed E-state index contributed by atoms with van der Waals surface area (Å²) in [5.74, 6) is -0.992. The van der Waals surface area contributed by atoms with Gasteiger partial charge in [-0.05, 0) is 31.1 Å². The topological polar surface area (TPSA) is 73.2 Å². The van der Waals surface area contributed by atoms with Crippen molar-refractivity contribution in [2.75, 3.05) is 7.11 Å². The second-order valence-corrected chi connectivity index (χ2v) is 7.50. The summed E-state index contributed by atoms with van der Waals surface area (Å²) in [6, 6.07) is 16.2. The van der Waals surface area contributed by atoms with Crippen LogP contribution in [0.25, 0.3) is 6.08 Å². The first-order valence-corrected chi connectivity index (χ1v) is 10.2. The van der Waals surface area contributed by atoms with Gasteiger partial charge in [-0.15, -0.1) is 0 Å². The molecule has 1 unspecified atom stereocenters. The van der Waals surface area contributed by atoms with Gasteiger partial charge in [0.05, 0.1) is 19.3 Å². The second-order valence-electron chi connectivity index (χ2n) is 7.14. The Bertz CT molecular complexity index is 1090. The van der Waals surface area contributed by atoms with Crippen LogP contribution in [0.1, 0.15) is 34.0 Å². The van der Waals surface area contributed by atoms with E-state index in [9.17, 15) is 9.59 Å². The average molecular weight is 438 g/mol. The summed E-state index contributed by atoms with van der Waals surface area (Å²) in [7, 11) is 1.28. The molecular weight excluding hydrogens is 414 g/mol. The summed E-state index contributed by atoms with van der Waals surface area (Å²) in [6.07, 6.45) is 2.94. The van der Waals surface area contributed by atoms with Crippen molar-refractivity contribution in [3.05, 3.63) is 93.8 Å². The minimum absolute atomic E-state index is 0.440. The van der Waals surface area contributed by atoms with Crippen LogP contribution >= 0.6 is 11.6 Å². The van der Waals surface area contributed by atoms with E-state index in [1.54, 1.807) is 35.0 Å². The zero-order valence-electron chi connectivity index (χ0n) is 17.6. The molecule has 6 nitrogen and oxygen atoms in total. The van der Waals surface area contributed by atoms with E-state index in [2.05, 4.69) is 10.4 Å². The molecule has 0 radical (unpaired) electrons. The van der Waals surface area contributed by atoms with Crippen molar-refractivity contribution in [2.45, 2.75) is 26.4 Å². The lowest BCUT2D eigenvalue weighted by Gasteiger charge is -2.15. The van der Waals surface area contributed by atoms with Gasteiger partial charge >= 0.3 is 5.97 Å². The molecule has 1 heterocycles. The van der Waals surface area contributed by atoms with Crippen LogP contribution in [0.5, 0.6) is 0 Å². The van der Waals surface area contributed by atoms with Crippen molar-refractivity contribution in [3.8, 4) is 0 Å². The van der Waals surface area contributed by atoms with Crippen LogP contribution in [0.3, 0.4) is 0 Å². The van der Waals surface area contributed by atoms with Crippen LogP contribution in [0.4, 0.5) is 0 Å². The number of aromatic nitrogens is 2. The number of carbonyl (C=O) groups is 2. The van der Waals surface area contributed by atoms with Gasteiger partial charge in [-0.3, -0.25) is 4.79 Å². The normalized spacial score (nSPS) is 12.0. The first-order chi connectivity index (χ1) is 14.9. The Balaban J connectivity index is 1.74. The summed E-state index contributed by atoms with van der Waals surface area (Å²) >= 11 is 6.51. The second kappa shape index (κ2) is 10.1. The highest BCUT2D eigenvalue weighted by Gasteiger charge is 2.22. The van der Waals surface area contributed by atoms with Crippen LogP contribution < -0.4 is 5.32 Å². The van der Waals surface area contributed by atoms with Gasteiger partial charge in [-0.1, -0.05) is 71.8 Å². The third-order valence-corrected chi connectivity index (χ3v) is 5.22. The zero-order valence-corrected chi connectivity index (χ0v) is 18.4. The molecule has 3 aromatic rings. The molecule has 1 amide bonds. The molecule has 1 N–H and O–H groups in total. The van der Waals surface area contributed by atoms with Crippen LogP contribution in [0, 0.1) is 13.8 Å². The molecule has 0 bridgehead atoms. The van der Waals surface area contributed by atoms with Gasteiger partial charge in [0.2, 0.25) is 5.91 Å². The third kappa shape index (κ3) is 5.61. The Morgan fingerprint density at radius 2 is 1.81 bits per heavy atom. The lowest BCUT2D eigenvalue weighted by Crippen LogP contribution is -2.33. The minimum Gasteiger partial charge on any atom is -0.467 e. The van der Waals surface area contributed by atoms with Gasteiger partial charge in [0.1, 0.15) is 5.15 Å². The number of aryl methyl sites for hydroxylation is 2. The van der Waals surface area contributed by atoms with Gasteiger partial charge < -0.3 is 10.1 Å². The van der Waals surface area contributed by atoms with E-state index in [1.165, 1.54) is 18.7 Å². The molecule has 0 aliphatic rings. The molecule has 1 atom stereocenters. The van der Waals surface area contributed by atoms with Gasteiger partial charge in [0.25, 0.3) is 0 Å². The Morgan fingerprint density at radius 1 is 1.13 bits per heavy atom. The van der Waals surface area contributed by atoms with Crippen molar-refractivity contribution in [3.63, 3.8) is 0 Å². The maximum Gasteiger partial charge on any atom is 0.333 e. The quantitative estimate of drug-likeness (QED) is 0.443. The number of nitrogens with zero attached hydrogens (tertiary/aromatic N) is 2. The Labute approximate surface area is 186 Å². The predicted molar refractivity (Wildman–Crippen MR) is 121 cm³/mol. The van der Waals surface area contributed by atoms with E-state index in [4.69, 9.17) is 16.3 Å². The molecule has 31 heavy (non-hydrogen) atoms. The number of hydrogen-bond donors (Lipinski definition) is 1. The number of nitrogens with one attached hydrogen (secondary N) is 1. The number of esters is 1. The van der Waals surface area contributed by atoms with Crippen LogP contribution in [-0.2, 0) is 20.9 Å². The Kier molecular flexibility index (Phi) is 7.26. The molecule has 0 saturated heterocycles. The van der Waals surface area contributed by atoms with Gasteiger partial charge in [-0.2, -0.15) is 5.10 Å². The Hall–Kier alpha value is -3.38. The zero-order chi connectivity index (χ0) is 22.4. The molecule has 160 valence electrons. The van der Waals surface area contributed by atoms with Crippen LogP contribution in [-0.4, -0.2) is 28.8 Å². The van der Waals surface area contributed by atoms with E-state index in [1.807, 2.05) is 44.2 Å². The molecule has 1 aromatic heterocycles. The highest BCUT2D eigenvalue weighted by atomic mass is 35.5. The lowest BCUT2D eigenvalue weighted by molar-refractivity contribution is -0.144. The van der Waals surface area contributed by atoms with E-state index in [0.29, 0.717) is 28.5 Å². The maximum absolute atomic E-state index is 12.5. The summed E-state index contributed by atoms with van der Waals surface area (Å²) in [6.45, 7) is 4.39. The number of benzene rings is 2. The molecule has 7 heteroatoms. The molecular formula is C24H24ClN3O3. The number of ether oxygens (including phenoxy) is 1. The predicted octanol–water partition coefficient (Wildman–Crippen LogP) is 4.25. The standard InChI is InChI=1S/C24H24ClN3O3/c1-16-9-11-18(12-10-16)15-28-23(25)20(17(2)27-28)13-14-21(29)26-22(24(30)31-3)19-7-5-4-6-8-19/h4-14,22H,15H2,1-3H3,(H,26,29). The number of hydrogen-bond acceptors (Lipinski definition) is 4. The summed E-state index contributed by atoms with van der Waals surface area (Å²) in [5.41, 5.74) is 4.25. The monoisotopic (exact) mass is 437 g/mol. The fourth-order valence-electron chi connectivity index (χ4n) is 3.12. The minimum atomic E-state index is -0.899. The smallest absolute Gasteiger partial charge is 0.333 e. The molecule has 0 spiro atoms. The summed E-state index contributed by atoms with van der Waals surface area (Å²) in [4.78, 5) is 24.6. The van der Waals surface area contributed by atoms with Crippen LogP contribution in [0.15, 0.2) is 60.7 Å².